The maximum Gasteiger partial charge on any atom is 0.408 e. The van der Waals surface area contributed by atoms with E-state index in [4.69, 9.17) is 4.74 Å². The highest BCUT2D eigenvalue weighted by Crippen LogP contribution is 2.34. The Morgan fingerprint density at radius 2 is 1.79 bits per heavy atom. The molecule has 1 heterocycles. The van der Waals surface area contributed by atoms with E-state index in [-0.39, 0.29) is 5.91 Å². The number of benzene rings is 1. The lowest BCUT2D eigenvalue weighted by Gasteiger charge is -2.34. The first kappa shape index (κ1) is 21.9. The van der Waals surface area contributed by atoms with Gasteiger partial charge in [-0.2, -0.15) is 0 Å². The van der Waals surface area contributed by atoms with Crippen molar-refractivity contribution in [3.8, 4) is 0 Å². The van der Waals surface area contributed by atoms with Crippen molar-refractivity contribution in [3.63, 3.8) is 0 Å². The zero-order valence-corrected chi connectivity index (χ0v) is 18.1. The average Bonchev–Trinajstić information content (AvgIpc) is 3.02. The van der Waals surface area contributed by atoms with E-state index in [1.54, 1.807) is 38.3 Å². The summed E-state index contributed by atoms with van der Waals surface area (Å²) in [5, 5.41) is 6.66. The summed E-state index contributed by atoms with van der Waals surface area (Å²) in [6.45, 7) is 11.4. The number of aromatic nitrogens is 1. The van der Waals surface area contributed by atoms with Crippen LogP contribution < -0.4 is 10.6 Å². The van der Waals surface area contributed by atoms with E-state index in [1.807, 2.05) is 51.1 Å². The van der Waals surface area contributed by atoms with Gasteiger partial charge in [-0.15, -0.1) is 11.3 Å². The molecule has 0 spiro atoms. The van der Waals surface area contributed by atoms with Crippen LogP contribution >= 0.6 is 11.3 Å². The molecule has 7 heteroatoms. The van der Waals surface area contributed by atoms with Crippen LogP contribution in [0.15, 0.2) is 36.5 Å². The van der Waals surface area contributed by atoms with Gasteiger partial charge in [0, 0.05) is 11.1 Å². The minimum absolute atomic E-state index is 0.176. The molecular formula is C21H29N3O3S. The second-order valence-corrected chi connectivity index (χ2v) is 9.58. The van der Waals surface area contributed by atoms with Gasteiger partial charge in [0.2, 0.25) is 5.91 Å². The van der Waals surface area contributed by atoms with E-state index in [0.717, 1.165) is 15.4 Å². The summed E-state index contributed by atoms with van der Waals surface area (Å²) in [6.07, 6.45) is 1.23. The minimum Gasteiger partial charge on any atom is -0.444 e. The number of rotatable bonds is 6. The van der Waals surface area contributed by atoms with Crippen LogP contribution in [-0.2, 0) is 16.1 Å². The Morgan fingerprint density at radius 1 is 1.14 bits per heavy atom. The molecular weight excluding hydrogens is 374 g/mol. The van der Waals surface area contributed by atoms with Gasteiger partial charge in [0.05, 0.1) is 18.0 Å². The number of hydrogen-bond donors (Lipinski definition) is 2. The summed E-state index contributed by atoms with van der Waals surface area (Å²) >= 11 is 1.55. The first-order chi connectivity index (χ1) is 13.0. The summed E-state index contributed by atoms with van der Waals surface area (Å²) in [5.41, 5.74) is -0.705. The van der Waals surface area contributed by atoms with Gasteiger partial charge in [-0.3, -0.25) is 4.79 Å². The second-order valence-electron chi connectivity index (χ2n) is 8.26. The molecule has 2 N–H and O–H groups in total. The highest BCUT2D eigenvalue weighted by molar-refractivity contribution is 7.11. The molecule has 0 fully saturated rings. The predicted molar refractivity (Wildman–Crippen MR) is 111 cm³/mol. The normalized spacial score (nSPS) is 12.9. The largest absolute Gasteiger partial charge is 0.444 e. The van der Waals surface area contributed by atoms with Gasteiger partial charge in [0.15, 0.2) is 0 Å². The molecule has 152 valence electrons. The van der Waals surface area contributed by atoms with Gasteiger partial charge in [-0.1, -0.05) is 30.3 Å². The third-order valence-electron chi connectivity index (χ3n) is 4.17. The molecule has 0 aliphatic heterocycles. The first-order valence-electron chi connectivity index (χ1n) is 9.23. The maximum absolute atomic E-state index is 13.0. The molecule has 1 aromatic heterocycles. The molecule has 0 radical (unpaired) electrons. The molecule has 0 aliphatic rings. The van der Waals surface area contributed by atoms with Crippen molar-refractivity contribution in [3.05, 3.63) is 52.0 Å². The van der Waals surface area contributed by atoms with Crippen LogP contribution in [0.1, 0.15) is 56.1 Å². The smallest absolute Gasteiger partial charge is 0.408 e. The lowest BCUT2D eigenvalue weighted by Crippen LogP contribution is -2.48. The number of nitrogens with one attached hydrogen (secondary N) is 2. The molecule has 2 amide bonds. The van der Waals surface area contributed by atoms with E-state index >= 15 is 0 Å². The molecule has 0 bridgehead atoms. The maximum atomic E-state index is 13.0. The van der Waals surface area contributed by atoms with Crippen molar-refractivity contribution in [2.75, 3.05) is 0 Å². The molecule has 0 aliphatic carbocycles. The molecule has 1 atom stereocenters. The molecule has 2 aromatic rings. The number of aryl methyl sites for hydroxylation is 1. The van der Waals surface area contributed by atoms with Crippen molar-refractivity contribution in [1.29, 1.82) is 0 Å². The first-order valence-corrected chi connectivity index (χ1v) is 10.0. The Bertz CT molecular complexity index is 810. The fraction of sp³-hybridized carbons (Fsp3) is 0.476. The average molecular weight is 404 g/mol. The van der Waals surface area contributed by atoms with Crippen LogP contribution in [0.5, 0.6) is 0 Å². The molecule has 0 saturated heterocycles. The number of amides is 2. The van der Waals surface area contributed by atoms with E-state index in [1.165, 1.54) is 0 Å². The third kappa shape index (κ3) is 6.05. The van der Waals surface area contributed by atoms with Crippen LogP contribution in [0.4, 0.5) is 4.79 Å². The van der Waals surface area contributed by atoms with Crippen LogP contribution in [0, 0.1) is 12.3 Å². The quantitative estimate of drug-likeness (QED) is 0.751. The standard InChI is InChI=1S/C21H29N3O3S/c1-14-12-22-16(28-14)13-23-18(25)21(5,6)17(15-10-8-7-9-11-15)24-19(26)27-20(2,3)4/h7-12,17H,13H2,1-6H3,(H,23,25)(H,24,26)/t17-/m1/s1. The summed E-state index contributed by atoms with van der Waals surface area (Å²) in [4.78, 5) is 30.8. The summed E-state index contributed by atoms with van der Waals surface area (Å²) in [5.74, 6) is -0.176. The number of thiazole rings is 1. The number of ether oxygens (including phenoxy) is 1. The molecule has 28 heavy (non-hydrogen) atoms. The van der Waals surface area contributed by atoms with E-state index in [2.05, 4.69) is 15.6 Å². The molecule has 6 nitrogen and oxygen atoms in total. The molecule has 1 aromatic carbocycles. The van der Waals surface area contributed by atoms with Crippen molar-refractivity contribution >= 4 is 23.3 Å². The Labute approximate surface area is 170 Å². The van der Waals surface area contributed by atoms with Crippen molar-refractivity contribution < 1.29 is 14.3 Å². The fourth-order valence-corrected chi connectivity index (χ4v) is 3.48. The highest BCUT2D eigenvalue weighted by Gasteiger charge is 2.39. The van der Waals surface area contributed by atoms with Crippen LogP contribution in [0.3, 0.4) is 0 Å². The van der Waals surface area contributed by atoms with Crippen LogP contribution in [-0.4, -0.2) is 22.6 Å². The lowest BCUT2D eigenvalue weighted by molar-refractivity contribution is -0.131. The molecule has 2 rings (SSSR count). The Morgan fingerprint density at radius 3 is 2.32 bits per heavy atom. The number of alkyl carbamates (subject to hydrolysis) is 1. The van der Waals surface area contributed by atoms with E-state index in [9.17, 15) is 9.59 Å². The van der Waals surface area contributed by atoms with Crippen molar-refractivity contribution in [2.45, 2.75) is 59.7 Å². The SMILES string of the molecule is Cc1cnc(CNC(=O)C(C)(C)[C@H](NC(=O)OC(C)(C)C)c2ccccc2)s1. The monoisotopic (exact) mass is 403 g/mol. The number of carbonyl (C=O) groups excluding carboxylic acids is 2. The second kappa shape index (κ2) is 8.73. The molecule has 0 saturated carbocycles. The van der Waals surface area contributed by atoms with Crippen molar-refractivity contribution in [1.82, 2.24) is 15.6 Å². The Hall–Kier alpha value is -2.41. The topological polar surface area (TPSA) is 80.3 Å². The third-order valence-corrected chi connectivity index (χ3v) is 5.08. The van der Waals surface area contributed by atoms with E-state index < -0.39 is 23.2 Å². The van der Waals surface area contributed by atoms with Gasteiger partial charge in [-0.25, -0.2) is 9.78 Å². The Balaban J connectivity index is 2.19. The van der Waals surface area contributed by atoms with Gasteiger partial charge < -0.3 is 15.4 Å². The number of nitrogens with zero attached hydrogens (tertiary/aromatic N) is 1. The zero-order chi connectivity index (χ0) is 20.9. The number of carbonyl (C=O) groups is 2. The van der Waals surface area contributed by atoms with Crippen LogP contribution in [0.2, 0.25) is 0 Å². The van der Waals surface area contributed by atoms with Crippen molar-refractivity contribution in [2.24, 2.45) is 5.41 Å². The highest BCUT2D eigenvalue weighted by atomic mass is 32.1. The minimum atomic E-state index is -0.912. The van der Waals surface area contributed by atoms with Gasteiger partial charge in [-0.05, 0) is 47.1 Å². The Kier molecular flexibility index (Phi) is 6.82. The summed E-state index contributed by atoms with van der Waals surface area (Å²) < 4.78 is 5.41. The fourth-order valence-electron chi connectivity index (χ4n) is 2.75. The lowest BCUT2D eigenvalue weighted by atomic mass is 9.79. The summed E-state index contributed by atoms with van der Waals surface area (Å²) in [6, 6.07) is 8.88. The van der Waals surface area contributed by atoms with E-state index in [0.29, 0.717) is 6.54 Å². The van der Waals surface area contributed by atoms with Gasteiger partial charge in [0.1, 0.15) is 10.6 Å². The molecule has 0 unspecified atom stereocenters. The van der Waals surface area contributed by atoms with Gasteiger partial charge in [0.25, 0.3) is 0 Å². The van der Waals surface area contributed by atoms with Crippen LogP contribution in [0.25, 0.3) is 0 Å². The number of hydrogen-bond acceptors (Lipinski definition) is 5. The zero-order valence-electron chi connectivity index (χ0n) is 17.3. The van der Waals surface area contributed by atoms with Gasteiger partial charge >= 0.3 is 6.09 Å². The predicted octanol–water partition coefficient (Wildman–Crippen LogP) is 4.36. The summed E-state index contributed by atoms with van der Waals surface area (Å²) in [7, 11) is 0.